The summed E-state index contributed by atoms with van der Waals surface area (Å²) in [6.45, 7) is 0. The van der Waals surface area contributed by atoms with Gasteiger partial charge in [0.25, 0.3) is 0 Å². The molecule has 4 heteroatoms. The van der Waals surface area contributed by atoms with E-state index in [2.05, 4.69) is 28.1 Å². The average molecular weight is 337 g/mol. The van der Waals surface area contributed by atoms with Crippen LogP contribution in [-0.2, 0) is 17.0 Å². The number of carbonyl (C=O) groups is 1. The van der Waals surface area contributed by atoms with Gasteiger partial charge in [-0.25, -0.2) is 0 Å². The highest BCUT2D eigenvalue weighted by Crippen LogP contribution is 2.24. The number of thioether (sulfide) groups is 1. The minimum absolute atomic E-state index is 0.0799. The normalized spacial score (nSPS) is 10.4. The van der Waals surface area contributed by atoms with E-state index in [1.54, 1.807) is 11.8 Å². The standard InChI is InChI=1S/C15H13BrO2S/c16-13-3-1-2-12(8-13)10-19-14-6-4-11(5-7-14)9-15(17)18/h1-8H,9-10H2,(H,17,18). The predicted octanol–water partition coefficient (Wildman–Crippen LogP) is 4.37. The van der Waals surface area contributed by atoms with Gasteiger partial charge < -0.3 is 5.11 Å². The van der Waals surface area contributed by atoms with Crippen molar-refractivity contribution in [2.45, 2.75) is 17.1 Å². The Balaban J connectivity index is 1.94. The molecular weight excluding hydrogens is 324 g/mol. The SMILES string of the molecule is O=C(O)Cc1ccc(SCc2cccc(Br)c2)cc1. The Morgan fingerprint density at radius 2 is 1.84 bits per heavy atom. The monoisotopic (exact) mass is 336 g/mol. The lowest BCUT2D eigenvalue weighted by molar-refractivity contribution is -0.136. The fraction of sp³-hybridized carbons (Fsp3) is 0.133. The first kappa shape index (κ1) is 14.2. The molecule has 19 heavy (non-hydrogen) atoms. The summed E-state index contributed by atoms with van der Waals surface area (Å²) in [4.78, 5) is 11.7. The van der Waals surface area contributed by atoms with E-state index < -0.39 is 5.97 Å². The Kier molecular flexibility index (Phi) is 5.05. The maximum absolute atomic E-state index is 10.6. The van der Waals surface area contributed by atoms with Crippen LogP contribution < -0.4 is 0 Å². The van der Waals surface area contributed by atoms with Crippen molar-refractivity contribution in [2.24, 2.45) is 0 Å². The predicted molar refractivity (Wildman–Crippen MR) is 81.5 cm³/mol. The zero-order valence-corrected chi connectivity index (χ0v) is 12.6. The summed E-state index contributed by atoms with van der Waals surface area (Å²) in [6.07, 6.45) is 0.0799. The summed E-state index contributed by atoms with van der Waals surface area (Å²) in [6, 6.07) is 15.9. The van der Waals surface area contributed by atoms with Gasteiger partial charge >= 0.3 is 5.97 Å². The molecular formula is C15H13BrO2S. The largest absolute Gasteiger partial charge is 0.481 e. The molecule has 2 aromatic rings. The van der Waals surface area contributed by atoms with Gasteiger partial charge in [-0.1, -0.05) is 40.2 Å². The average Bonchev–Trinajstić information content (AvgIpc) is 2.37. The highest BCUT2D eigenvalue weighted by Gasteiger charge is 2.01. The summed E-state index contributed by atoms with van der Waals surface area (Å²) >= 11 is 5.20. The molecule has 0 unspecified atom stereocenters. The number of carboxylic acids is 1. The van der Waals surface area contributed by atoms with E-state index in [1.165, 1.54) is 5.56 Å². The van der Waals surface area contributed by atoms with E-state index in [1.807, 2.05) is 36.4 Å². The number of rotatable bonds is 5. The summed E-state index contributed by atoms with van der Waals surface area (Å²) in [5.74, 6) is 0.104. The molecule has 2 nitrogen and oxygen atoms in total. The van der Waals surface area contributed by atoms with Gasteiger partial charge in [0.2, 0.25) is 0 Å². The quantitative estimate of drug-likeness (QED) is 0.824. The molecule has 0 aliphatic heterocycles. The van der Waals surface area contributed by atoms with Gasteiger partial charge in [0.15, 0.2) is 0 Å². The molecule has 98 valence electrons. The number of aliphatic carboxylic acids is 1. The number of hydrogen-bond acceptors (Lipinski definition) is 2. The Bertz CT molecular complexity index is 567. The highest BCUT2D eigenvalue weighted by atomic mass is 79.9. The number of halogens is 1. The van der Waals surface area contributed by atoms with Gasteiger partial charge in [0.05, 0.1) is 6.42 Å². The summed E-state index contributed by atoms with van der Waals surface area (Å²) in [5, 5.41) is 8.70. The Morgan fingerprint density at radius 1 is 1.11 bits per heavy atom. The van der Waals surface area contributed by atoms with Gasteiger partial charge in [0, 0.05) is 15.1 Å². The molecule has 0 bridgehead atoms. The van der Waals surface area contributed by atoms with Crippen molar-refractivity contribution in [2.75, 3.05) is 0 Å². The van der Waals surface area contributed by atoms with Gasteiger partial charge in [-0.05, 0) is 35.4 Å². The van der Waals surface area contributed by atoms with Crippen LogP contribution in [0.15, 0.2) is 57.9 Å². The zero-order valence-electron chi connectivity index (χ0n) is 10.2. The Hall–Kier alpha value is -1.26. The third-order valence-electron chi connectivity index (χ3n) is 2.57. The van der Waals surface area contributed by atoms with Crippen LogP contribution in [-0.4, -0.2) is 11.1 Å². The van der Waals surface area contributed by atoms with Crippen LogP contribution in [0.5, 0.6) is 0 Å². The van der Waals surface area contributed by atoms with Gasteiger partial charge in [-0.3, -0.25) is 4.79 Å². The molecule has 0 saturated heterocycles. The third-order valence-corrected chi connectivity index (χ3v) is 4.15. The van der Waals surface area contributed by atoms with E-state index in [4.69, 9.17) is 5.11 Å². The van der Waals surface area contributed by atoms with Crippen molar-refractivity contribution in [1.82, 2.24) is 0 Å². The summed E-state index contributed by atoms with van der Waals surface area (Å²) < 4.78 is 1.09. The second kappa shape index (κ2) is 6.78. The second-order valence-corrected chi connectivity index (χ2v) is 6.10. The lowest BCUT2D eigenvalue weighted by Crippen LogP contribution is -1.99. The molecule has 0 fully saturated rings. The molecule has 0 saturated carbocycles. The van der Waals surface area contributed by atoms with Crippen molar-refractivity contribution >= 4 is 33.7 Å². The smallest absolute Gasteiger partial charge is 0.307 e. The molecule has 0 aliphatic rings. The Labute approximate surface area is 125 Å². The van der Waals surface area contributed by atoms with Crippen LogP contribution >= 0.6 is 27.7 Å². The van der Waals surface area contributed by atoms with E-state index >= 15 is 0 Å². The number of carboxylic acid groups (broad SMARTS) is 1. The molecule has 2 rings (SSSR count). The van der Waals surface area contributed by atoms with Crippen molar-refractivity contribution in [1.29, 1.82) is 0 Å². The molecule has 0 aliphatic carbocycles. The second-order valence-electron chi connectivity index (χ2n) is 4.13. The van der Waals surface area contributed by atoms with Crippen LogP contribution in [0.3, 0.4) is 0 Å². The highest BCUT2D eigenvalue weighted by molar-refractivity contribution is 9.10. The van der Waals surface area contributed by atoms with Crippen LogP contribution in [0.25, 0.3) is 0 Å². The molecule has 0 heterocycles. The molecule has 0 aromatic heterocycles. The first-order valence-electron chi connectivity index (χ1n) is 5.81. The third kappa shape index (κ3) is 4.73. The van der Waals surface area contributed by atoms with Crippen LogP contribution in [0.4, 0.5) is 0 Å². The van der Waals surface area contributed by atoms with E-state index in [0.717, 1.165) is 20.7 Å². The molecule has 1 N–H and O–H groups in total. The van der Waals surface area contributed by atoms with Crippen molar-refractivity contribution < 1.29 is 9.90 Å². The first-order chi connectivity index (χ1) is 9.13. The van der Waals surface area contributed by atoms with Crippen molar-refractivity contribution in [3.8, 4) is 0 Å². The van der Waals surface area contributed by atoms with E-state index in [9.17, 15) is 4.79 Å². The zero-order chi connectivity index (χ0) is 13.7. The fourth-order valence-corrected chi connectivity index (χ4v) is 2.96. The maximum atomic E-state index is 10.6. The van der Waals surface area contributed by atoms with E-state index in [-0.39, 0.29) is 6.42 Å². The van der Waals surface area contributed by atoms with Crippen LogP contribution in [0.1, 0.15) is 11.1 Å². The topological polar surface area (TPSA) is 37.3 Å². The van der Waals surface area contributed by atoms with Gasteiger partial charge in [0.1, 0.15) is 0 Å². The minimum atomic E-state index is -0.797. The summed E-state index contributed by atoms with van der Waals surface area (Å²) in [7, 11) is 0. The Morgan fingerprint density at radius 3 is 2.47 bits per heavy atom. The molecule has 0 atom stereocenters. The van der Waals surface area contributed by atoms with Gasteiger partial charge in [-0.15, -0.1) is 11.8 Å². The molecule has 0 radical (unpaired) electrons. The first-order valence-corrected chi connectivity index (χ1v) is 7.59. The lowest BCUT2D eigenvalue weighted by atomic mass is 10.2. The molecule has 2 aromatic carbocycles. The summed E-state index contributed by atoms with van der Waals surface area (Å²) in [5.41, 5.74) is 2.09. The van der Waals surface area contributed by atoms with Crippen LogP contribution in [0, 0.1) is 0 Å². The molecule has 0 spiro atoms. The van der Waals surface area contributed by atoms with Gasteiger partial charge in [-0.2, -0.15) is 0 Å². The van der Waals surface area contributed by atoms with Crippen molar-refractivity contribution in [3.63, 3.8) is 0 Å². The minimum Gasteiger partial charge on any atom is -0.481 e. The fourth-order valence-electron chi connectivity index (χ4n) is 1.67. The van der Waals surface area contributed by atoms with Crippen molar-refractivity contribution in [3.05, 3.63) is 64.1 Å². The number of benzene rings is 2. The number of hydrogen-bond donors (Lipinski definition) is 1. The molecule has 0 amide bonds. The van der Waals surface area contributed by atoms with E-state index in [0.29, 0.717) is 0 Å². The lowest BCUT2D eigenvalue weighted by Gasteiger charge is -2.04. The maximum Gasteiger partial charge on any atom is 0.307 e. The van der Waals surface area contributed by atoms with Crippen LogP contribution in [0.2, 0.25) is 0 Å².